The molecular formula is C11H24NO3+. The van der Waals surface area contributed by atoms with Crippen LogP contribution in [0.25, 0.3) is 0 Å². The number of rotatable bonds is 7. The van der Waals surface area contributed by atoms with Gasteiger partial charge in [-0.1, -0.05) is 19.8 Å². The van der Waals surface area contributed by atoms with Crippen LogP contribution in [-0.2, 0) is 4.79 Å². The fourth-order valence-corrected chi connectivity index (χ4v) is 1.89. The maximum absolute atomic E-state index is 10.7. The fraction of sp³-hybridized carbons (Fsp3) is 0.909. The third-order valence-corrected chi connectivity index (χ3v) is 2.24. The molecule has 0 heterocycles. The molecule has 0 aromatic carbocycles. The maximum atomic E-state index is 10.7. The number of aliphatic carboxylic acids is 1. The molecule has 0 aliphatic carbocycles. The molecule has 0 aromatic rings. The molecule has 0 amide bonds. The van der Waals surface area contributed by atoms with E-state index in [0.29, 0.717) is 17.4 Å². The lowest BCUT2D eigenvalue weighted by Gasteiger charge is -2.34. The van der Waals surface area contributed by atoms with Gasteiger partial charge in [-0.3, -0.25) is 4.79 Å². The Morgan fingerprint density at radius 1 is 1.33 bits per heavy atom. The van der Waals surface area contributed by atoms with Crippen molar-refractivity contribution in [2.75, 3.05) is 27.7 Å². The van der Waals surface area contributed by atoms with Gasteiger partial charge >= 0.3 is 5.97 Å². The summed E-state index contributed by atoms with van der Waals surface area (Å²) in [5.74, 6) is -0.929. The maximum Gasteiger partial charge on any atom is 0.306 e. The van der Waals surface area contributed by atoms with Crippen LogP contribution in [0.15, 0.2) is 0 Å². The Balaban J connectivity index is 4.46. The first kappa shape index (κ1) is 14.4. The quantitative estimate of drug-likeness (QED) is 0.629. The predicted molar refractivity (Wildman–Crippen MR) is 59.6 cm³/mol. The summed E-state index contributed by atoms with van der Waals surface area (Å²) in [6.07, 6.45) is 2.23. The molecule has 2 N–H and O–H groups in total. The number of likely N-dealkylation sites (N-methyl/N-ethyl adjacent to an activating group) is 1. The smallest absolute Gasteiger partial charge is 0.306 e. The first-order valence-corrected chi connectivity index (χ1v) is 5.43. The Labute approximate surface area is 92.1 Å². The van der Waals surface area contributed by atoms with Gasteiger partial charge in [0.2, 0.25) is 0 Å². The lowest BCUT2D eigenvalue weighted by atomic mass is 9.92. The Morgan fingerprint density at radius 2 is 1.87 bits per heavy atom. The van der Waals surface area contributed by atoms with E-state index < -0.39 is 11.6 Å². The monoisotopic (exact) mass is 218 g/mol. The molecule has 0 saturated carbocycles. The van der Waals surface area contributed by atoms with Crippen LogP contribution in [0.1, 0.15) is 32.6 Å². The van der Waals surface area contributed by atoms with Gasteiger partial charge < -0.3 is 14.7 Å². The number of quaternary nitrogens is 1. The average molecular weight is 218 g/mol. The largest absolute Gasteiger partial charge is 0.481 e. The molecule has 0 rings (SSSR count). The zero-order chi connectivity index (χ0) is 12.1. The van der Waals surface area contributed by atoms with E-state index in [-0.39, 0.29) is 6.42 Å². The van der Waals surface area contributed by atoms with Crippen molar-refractivity contribution < 1.29 is 19.5 Å². The standard InChI is InChI=1S/C11H23NO3/c1-5-6-7-11(15,8-10(13)14)9-12(2,3)4/h15H,5-9H2,1-4H3/p+1/t11-/m0/s1. The summed E-state index contributed by atoms with van der Waals surface area (Å²) in [5, 5.41) is 19.0. The van der Waals surface area contributed by atoms with Crippen LogP contribution in [0.4, 0.5) is 0 Å². The number of unbranched alkanes of at least 4 members (excludes halogenated alkanes) is 1. The van der Waals surface area contributed by atoms with E-state index >= 15 is 0 Å². The second-order valence-corrected chi connectivity index (χ2v) is 5.35. The van der Waals surface area contributed by atoms with Crippen molar-refractivity contribution in [3.63, 3.8) is 0 Å². The molecule has 4 nitrogen and oxygen atoms in total. The molecule has 0 spiro atoms. The Morgan fingerprint density at radius 3 is 2.20 bits per heavy atom. The first-order valence-electron chi connectivity index (χ1n) is 5.43. The molecule has 0 saturated heterocycles. The van der Waals surface area contributed by atoms with Crippen LogP contribution in [0.3, 0.4) is 0 Å². The number of hydrogen-bond donors (Lipinski definition) is 2. The van der Waals surface area contributed by atoms with E-state index in [9.17, 15) is 9.90 Å². The van der Waals surface area contributed by atoms with Crippen LogP contribution in [0.2, 0.25) is 0 Å². The summed E-state index contributed by atoms with van der Waals surface area (Å²) < 4.78 is 0.577. The highest BCUT2D eigenvalue weighted by Crippen LogP contribution is 2.21. The van der Waals surface area contributed by atoms with Crippen LogP contribution >= 0.6 is 0 Å². The minimum Gasteiger partial charge on any atom is -0.481 e. The third kappa shape index (κ3) is 7.33. The van der Waals surface area contributed by atoms with Gasteiger partial charge in [0.1, 0.15) is 12.1 Å². The van der Waals surface area contributed by atoms with Gasteiger partial charge in [-0.25, -0.2) is 0 Å². The molecule has 4 heteroatoms. The van der Waals surface area contributed by atoms with Crippen molar-refractivity contribution in [1.82, 2.24) is 0 Å². The van der Waals surface area contributed by atoms with Crippen molar-refractivity contribution in [3.8, 4) is 0 Å². The van der Waals surface area contributed by atoms with Crippen molar-refractivity contribution in [2.24, 2.45) is 0 Å². The molecule has 0 bridgehead atoms. The zero-order valence-electron chi connectivity index (χ0n) is 10.3. The topological polar surface area (TPSA) is 57.5 Å². The molecule has 0 aliphatic rings. The van der Waals surface area contributed by atoms with E-state index in [1.165, 1.54) is 0 Å². The van der Waals surface area contributed by atoms with Gasteiger partial charge in [0.05, 0.1) is 27.6 Å². The number of aliphatic hydroxyl groups is 1. The van der Waals surface area contributed by atoms with E-state index in [4.69, 9.17) is 5.11 Å². The number of carboxylic acid groups (broad SMARTS) is 1. The van der Waals surface area contributed by atoms with Crippen molar-refractivity contribution in [2.45, 2.75) is 38.2 Å². The Hall–Kier alpha value is -0.610. The van der Waals surface area contributed by atoms with Gasteiger partial charge in [-0.15, -0.1) is 0 Å². The number of nitrogens with zero attached hydrogens (tertiary/aromatic N) is 1. The third-order valence-electron chi connectivity index (χ3n) is 2.24. The molecule has 0 aliphatic heterocycles. The van der Waals surface area contributed by atoms with Gasteiger partial charge in [0.25, 0.3) is 0 Å². The minimum atomic E-state index is -1.07. The summed E-state index contributed by atoms with van der Waals surface area (Å²) in [5.41, 5.74) is -1.07. The molecule has 0 aromatic heterocycles. The van der Waals surface area contributed by atoms with Gasteiger partial charge in [0.15, 0.2) is 0 Å². The molecule has 1 atom stereocenters. The van der Waals surface area contributed by atoms with Crippen LogP contribution < -0.4 is 0 Å². The first-order chi connectivity index (χ1) is 6.68. The molecule has 0 radical (unpaired) electrons. The summed E-state index contributed by atoms with van der Waals surface area (Å²) in [6.45, 7) is 2.51. The predicted octanol–water partition coefficient (Wildman–Crippen LogP) is 1.09. The van der Waals surface area contributed by atoms with Crippen LogP contribution in [-0.4, -0.2) is 54.0 Å². The highest BCUT2D eigenvalue weighted by molar-refractivity contribution is 5.68. The molecular weight excluding hydrogens is 194 g/mol. The van der Waals surface area contributed by atoms with Gasteiger partial charge in [0, 0.05) is 0 Å². The summed E-state index contributed by atoms with van der Waals surface area (Å²) in [7, 11) is 5.87. The second-order valence-electron chi connectivity index (χ2n) is 5.35. The Kier molecular flexibility index (Phi) is 5.24. The number of hydrogen-bond acceptors (Lipinski definition) is 2. The lowest BCUT2D eigenvalue weighted by molar-refractivity contribution is -0.877. The van der Waals surface area contributed by atoms with E-state index in [0.717, 1.165) is 12.8 Å². The normalized spacial score (nSPS) is 16.1. The molecule has 0 fully saturated rings. The fourth-order valence-electron chi connectivity index (χ4n) is 1.89. The SMILES string of the molecule is CCCC[C@](O)(CC(=O)O)C[N+](C)(C)C. The van der Waals surface area contributed by atoms with E-state index in [2.05, 4.69) is 0 Å². The van der Waals surface area contributed by atoms with Gasteiger partial charge in [-0.05, 0) is 6.42 Å². The number of carboxylic acids is 1. The van der Waals surface area contributed by atoms with E-state index in [1.807, 2.05) is 28.1 Å². The van der Waals surface area contributed by atoms with Gasteiger partial charge in [-0.2, -0.15) is 0 Å². The highest BCUT2D eigenvalue weighted by atomic mass is 16.4. The molecule has 90 valence electrons. The summed E-state index contributed by atoms with van der Waals surface area (Å²) in [4.78, 5) is 10.7. The minimum absolute atomic E-state index is 0.164. The average Bonchev–Trinajstić information content (AvgIpc) is 1.95. The van der Waals surface area contributed by atoms with E-state index in [1.54, 1.807) is 0 Å². The van der Waals surface area contributed by atoms with Crippen LogP contribution in [0, 0.1) is 0 Å². The number of carbonyl (C=O) groups is 1. The second kappa shape index (κ2) is 5.47. The summed E-state index contributed by atoms with van der Waals surface area (Å²) >= 11 is 0. The van der Waals surface area contributed by atoms with Crippen molar-refractivity contribution in [3.05, 3.63) is 0 Å². The summed E-state index contributed by atoms with van der Waals surface area (Å²) in [6, 6.07) is 0. The van der Waals surface area contributed by atoms with Crippen molar-refractivity contribution >= 4 is 5.97 Å². The molecule has 15 heavy (non-hydrogen) atoms. The highest BCUT2D eigenvalue weighted by Gasteiger charge is 2.35. The lowest BCUT2D eigenvalue weighted by Crippen LogP contribution is -2.50. The van der Waals surface area contributed by atoms with Crippen LogP contribution in [0.5, 0.6) is 0 Å². The Bertz CT molecular complexity index is 210. The molecule has 0 unspecified atom stereocenters. The zero-order valence-corrected chi connectivity index (χ0v) is 10.3. The van der Waals surface area contributed by atoms with Crippen molar-refractivity contribution in [1.29, 1.82) is 0 Å².